The Bertz CT molecular complexity index is 2070. The molecular formula is C34H34N5+. The molecule has 0 aliphatic heterocycles. The van der Waals surface area contributed by atoms with E-state index in [0.29, 0.717) is 0 Å². The first-order valence-corrected chi connectivity index (χ1v) is 13.7. The molecule has 3 aromatic carbocycles. The molecule has 7 rings (SSSR count). The molecule has 4 heterocycles. The van der Waals surface area contributed by atoms with E-state index in [9.17, 15) is 0 Å². The first-order chi connectivity index (χ1) is 18.4. The third-order valence-corrected chi connectivity index (χ3v) is 7.99. The van der Waals surface area contributed by atoms with Crippen LogP contribution in [0.25, 0.3) is 60.4 Å². The van der Waals surface area contributed by atoms with Gasteiger partial charge in [0.15, 0.2) is 12.0 Å². The first kappa shape index (κ1) is 24.0. The van der Waals surface area contributed by atoms with Crippen molar-refractivity contribution in [3.63, 3.8) is 0 Å². The molecule has 0 saturated carbocycles. The Labute approximate surface area is 228 Å². The highest BCUT2D eigenvalue weighted by Crippen LogP contribution is 2.41. The smallest absolute Gasteiger partial charge is 0.238 e. The van der Waals surface area contributed by atoms with Crippen LogP contribution in [0, 0.1) is 6.92 Å². The summed E-state index contributed by atoms with van der Waals surface area (Å²) in [5.41, 5.74) is 6.90. The molecule has 0 fully saturated rings. The summed E-state index contributed by atoms with van der Waals surface area (Å²) in [6, 6.07) is 20.1. The molecule has 5 nitrogen and oxygen atoms in total. The molecule has 39 heavy (non-hydrogen) atoms. The third-order valence-electron chi connectivity index (χ3n) is 7.99. The third kappa shape index (κ3) is 3.38. The van der Waals surface area contributed by atoms with E-state index in [1.807, 2.05) is 0 Å². The molecule has 4 aromatic heterocycles. The molecule has 0 aliphatic carbocycles. The number of pyridine rings is 2. The predicted molar refractivity (Wildman–Crippen MR) is 161 cm³/mol. The average Bonchev–Trinajstić information content (AvgIpc) is 3.22. The summed E-state index contributed by atoms with van der Waals surface area (Å²) in [5, 5.41) is 6.36. The predicted octanol–water partition coefficient (Wildman–Crippen LogP) is 7.57. The van der Waals surface area contributed by atoms with E-state index in [0.717, 1.165) is 23.0 Å². The van der Waals surface area contributed by atoms with Crippen molar-refractivity contribution in [3.8, 4) is 11.4 Å². The van der Waals surface area contributed by atoms with Crippen LogP contribution in [-0.2, 0) is 17.9 Å². The lowest BCUT2D eigenvalue weighted by Gasteiger charge is -2.22. The van der Waals surface area contributed by atoms with Crippen LogP contribution in [0.5, 0.6) is 0 Å². The lowest BCUT2D eigenvalue weighted by molar-refractivity contribution is -0.644. The van der Waals surface area contributed by atoms with Gasteiger partial charge in [-0.3, -0.25) is 0 Å². The number of benzene rings is 3. The molecule has 0 unspecified atom stereocenters. The van der Waals surface area contributed by atoms with Gasteiger partial charge in [-0.2, -0.15) is 4.57 Å². The minimum Gasteiger partial charge on any atom is -0.303 e. The van der Waals surface area contributed by atoms with Crippen molar-refractivity contribution >= 4 is 49.0 Å². The lowest BCUT2D eigenvalue weighted by Crippen LogP contribution is -2.28. The molecule has 194 valence electrons. The summed E-state index contributed by atoms with van der Waals surface area (Å²) in [7, 11) is 2.15. The molecule has 0 bridgehead atoms. The van der Waals surface area contributed by atoms with Gasteiger partial charge in [-0.15, -0.1) is 0 Å². The number of rotatable bonds is 1. The largest absolute Gasteiger partial charge is 0.303 e. The van der Waals surface area contributed by atoms with Gasteiger partial charge in [0.05, 0.1) is 16.4 Å². The monoisotopic (exact) mass is 512 g/mol. The van der Waals surface area contributed by atoms with Crippen LogP contribution in [0.2, 0.25) is 0 Å². The molecule has 0 N–H and O–H groups in total. The quantitative estimate of drug-likeness (QED) is 0.129. The minimum absolute atomic E-state index is 0.178. The van der Waals surface area contributed by atoms with E-state index in [-0.39, 0.29) is 10.8 Å². The van der Waals surface area contributed by atoms with Gasteiger partial charge in [-0.1, -0.05) is 65.8 Å². The van der Waals surface area contributed by atoms with Gasteiger partial charge < -0.3 is 4.40 Å². The first-order valence-electron chi connectivity index (χ1n) is 13.7. The van der Waals surface area contributed by atoms with Crippen molar-refractivity contribution in [2.75, 3.05) is 0 Å². The topological polar surface area (TPSA) is 47.0 Å². The number of hydrogen-bond donors (Lipinski definition) is 0. The fourth-order valence-electron chi connectivity index (χ4n) is 5.96. The van der Waals surface area contributed by atoms with Crippen LogP contribution in [-0.4, -0.2) is 19.4 Å². The van der Waals surface area contributed by atoms with Crippen LogP contribution in [0.15, 0.2) is 60.8 Å². The van der Waals surface area contributed by atoms with Crippen molar-refractivity contribution in [1.82, 2.24) is 19.4 Å². The molecule has 0 spiro atoms. The number of aromatic nitrogens is 5. The maximum Gasteiger partial charge on any atom is 0.238 e. The molecule has 0 amide bonds. The summed E-state index contributed by atoms with van der Waals surface area (Å²) in [4.78, 5) is 14.9. The Morgan fingerprint density at radius 3 is 2.13 bits per heavy atom. The fraction of sp³-hybridized carbons (Fsp3) is 0.294. The van der Waals surface area contributed by atoms with E-state index in [1.165, 1.54) is 54.6 Å². The fourth-order valence-corrected chi connectivity index (χ4v) is 5.96. The van der Waals surface area contributed by atoms with Gasteiger partial charge in [0.2, 0.25) is 5.52 Å². The molecule has 0 saturated heterocycles. The van der Waals surface area contributed by atoms with E-state index in [1.54, 1.807) is 0 Å². The Hall–Kier alpha value is -4.12. The number of aryl methyl sites for hydroxylation is 2. The van der Waals surface area contributed by atoms with Crippen molar-refractivity contribution in [3.05, 3.63) is 78.0 Å². The maximum atomic E-state index is 4.99. The van der Waals surface area contributed by atoms with Gasteiger partial charge in [0.1, 0.15) is 24.2 Å². The minimum atomic E-state index is -0.178. The maximum absolute atomic E-state index is 4.99. The summed E-state index contributed by atoms with van der Waals surface area (Å²) < 4.78 is 4.72. The van der Waals surface area contributed by atoms with Crippen LogP contribution in [0.3, 0.4) is 0 Å². The Morgan fingerprint density at radius 1 is 0.718 bits per heavy atom. The summed E-state index contributed by atoms with van der Waals surface area (Å²) in [5.74, 6) is 2.38. The average molecular weight is 513 g/mol. The second-order valence-electron chi connectivity index (χ2n) is 13.0. The SMILES string of the molecule is Cc1ccc2cccc3c2c1c1c2c(cc[n+]1C)c1cc(-c4nc(C(C)(C)C)nc(C(C)(C)C)n4)ccc1n32. The molecular weight excluding hydrogens is 478 g/mol. The highest BCUT2D eigenvalue weighted by molar-refractivity contribution is 6.25. The Morgan fingerprint density at radius 2 is 1.44 bits per heavy atom. The second kappa shape index (κ2) is 7.72. The van der Waals surface area contributed by atoms with Gasteiger partial charge in [0, 0.05) is 38.6 Å². The number of fused-ring (bicyclic) bond motifs is 5. The van der Waals surface area contributed by atoms with Crippen LogP contribution >= 0.6 is 0 Å². The normalized spacial score (nSPS) is 13.1. The van der Waals surface area contributed by atoms with E-state index < -0.39 is 0 Å². The van der Waals surface area contributed by atoms with Crippen molar-refractivity contribution in [2.45, 2.75) is 59.3 Å². The zero-order valence-electron chi connectivity index (χ0n) is 24.0. The number of hydrogen-bond acceptors (Lipinski definition) is 3. The van der Waals surface area contributed by atoms with Crippen molar-refractivity contribution in [1.29, 1.82) is 0 Å². The van der Waals surface area contributed by atoms with Gasteiger partial charge in [0.25, 0.3) is 0 Å². The Kier molecular flexibility index (Phi) is 4.74. The van der Waals surface area contributed by atoms with Gasteiger partial charge in [-0.25, -0.2) is 15.0 Å². The van der Waals surface area contributed by atoms with E-state index >= 15 is 0 Å². The molecule has 0 radical (unpaired) electrons. The summed E-state index contributed by atoms with van der Waals surface area (Å²) in [6.45, 7) is 15.2. The highest BCUT2D eigenvalue weighted by atomic mass is 15.1. The van der Waals surface area contributed by atoms with Gasteiger partial charge >= 0.3 is 0 Å². The van der Waals surface area contributed by atoms with Crippen LogP contribution in [0.4, 0.5) is 0 Å². The molecule has 7 aromatic rings. The highest BCUT2D eigenvalue weighted by Gasteiger charge is 2.27. The van der Waals surface area contributed by atoms with Gasteiger partial charge in [-0.05, 0) is 42.1 Å². The summed E-state index contributed by atoms with van der Waals surface area (Å²) >= 11 is 0. The zero-order chi connectivity index (χ0) is 27.4. The molecule has 0 atom stereocenters. The second-order valence-corrected chi connectivity index (χ2v) is 13.0. The van der Waals surface area contributed by atoms with E-state index in [4.69, 9.17) is 15.0 Å². The number of nitrogens with zero attached hydrogens (tertiary/aromatic N) is 5. The lowest BCUT2D eigenvalue weighted by atomic mass is 9.93. The summed E-state index contributed by atoms with van der Waals surface area (Å²) in [6.07, 6.45) is 2.19. The standard InChI is InChI=1S/C34H34N5/c1-19-12-13-20-10-9-11-25-27(20)26(19)29-28-22(16-17-38(29)8)23-18-21(14-15-24(23)39(25)28)30-35-31(33(2,3)4)37-32(36-30)34(5,6)7/h9-18H,1-8H3/q+1. The Balaban J connectivity index is 1.62. The van der Waals surface area contributed by atoms with Crippen LogP contribution in [0.1, 0.15) is 58.8 Å². The van der Waals surface area contributed by atoms with Crippen molar-refractivity contribution in [2.24, 2.45) is 7.05 Å². The van der Waals surface area contributed by atoms with Crippen LogP contribution < -0.4 is 4.57 Å². The van der Waals surface area contributed by atoms with E-state index in [2.05, 4.69) is 125 Å². The molecule has 5 heteroatoms. The zero-order valence-corrected chi connectivity index (χ0v) is 24.0. The molecule has 0 aliphatic rings. The van der Waals surface area contributed by atoms with Crippen molar-refractivity contribution < 1.29 is 4.57 Å².